The molecule has 0 saturated heterocycles. The van der Waals surface area contributed by atoms with Crippen molar-refractivity contribution >= 4 is 16.9 Å². The van der Waals surface area contributed by atoms with Crippen LogP contribution in [0.1, 0.15) is 13.8 Å². The van der Waals surface area contributed by atoms with Gasteiger partial charge in [0.25, 0.3) is 0 Å². The molecule has 0 aromatic carbocycles. The number of carbonyl (C=O) groups is 1. The number of aliphatic carboxylic acids is 1. The fourth-order valence-corrected chi connectivity index (χ4v) is 0.500. The first-order valence-electron chi connectivity index (χ1n) is 2.68. The summed E-state index contributed by atoms with van der Waals surface area (Å²) in [6, 6.07) is 0. The van der Waals surface area contributed by atoms with Crippen molar-refractivity contribution in [2.75, 3.05) is 12.5 Å². The highest BCUT2D eigenvalue weighted by Gasteiger charge is 2.32. The van der Waals surface area contributed by atoms with Gasteiger partial charge in [-0.25, -0.2) is 0 Å². The minimum atomic E-state index is -0.962. The minimum absolute atomic E-state index is 0.118. The van der Waals surface area contributed by atoms with Gasteiger partial charge in [-0.15, -0.1) is 0 Å². The molecule has 2 nitrogen and oxygen atoms in total. The van der Waals surface area contributed by atoms with Crippen LogP contribution in [0, 0.1) is 0 Å². The van der Waals surface area contributed by atoms with Crippen LogP contribution in [0.2, 0.25) is 0 Å². The van der Waals surface area contributed by atoms with E-state index in [1.807, 2.05) is 12.5 Å². The molecule has 0 N–H and O–H groups in total. The summed E-state index contributed by atoms with van der Waals surface area (Å²) in [5.74, 6) is -0.962. The Bertz CT molecular complexity index is 118. The Morgan fingerprint density at radius 2 is 1.78 bits per heavy atom. The van der Waals surface area contributed by atoms with E-state index >= 15 is 0 Å². The lowest BCUT2D eigenvalue weighted by Gasteiger charge is -2.21. The third-order valence-corrected chi connectivity index (χ3v) is 3.72. The van der Waals surface area contributed by atoms with Crippen molar-refractivity contribution in [3.63, 3.8) is 0 Å². The van der Waals surface area contributed by atoms with Crippen LogP contribution in [-0.4, -0.2) is 23.2 Å². The molecule has 0 aromatic heterocycles. The average molecular weight is 148 g/mol. The van der Waals surface area contributed by atoms with Gasteiger partial charge in [0, 0.05) is 0 Å². The molecule has 0 saturated carbocycles. The van der Waals surface area contributed by atoms with E-state index in [1.165, 1.54) is 0 Å². The molecule has 0 fully saturated rings. The lowest BCUT2D eigenvalue weighted by atomic mass is 10.2. The van der Waals surface area contributed by atoms with Crippen LogP contribution >= 0.6 is 0 Å². The molecule has 0 spiro atoms. The van der Waals surface area contributed by atoms with Crippen LogP contribution in [0.4, 0.5) is 0 Å². The molecule has 0 aromatic rings. The van der Waals surface area contributed by atoms with Crippen LogP contribution in [-0.2, 0) is 15.7 Å². The van der Waals surface area contributed by atoms with E-state index in [2.05, 4.69) is 0 Å². The number of hydrogen-bond donors (Lipinski definition) is 0. The smallest absolute Gasteiger partial charge is 0.161 e. The Kier molecular flexibility index (Phi) is 2.55. The average Bonchev–Trinajstić information content (AvgIpc) is 1.65. The normalized spacial score (nSPS) is 12.1. The second-order valence-corrected chi connectivity index (χ2v) is 5.27. The number of carbonyl (C=O) groups excluding carboxylic acids is 1. The van der Waals surface area contributed by atoms with Crippen molar-refractivity contribution in [3.05, 3.63) is 0 Å². The zero-order valence-electron chi connectivity index (χ0n) is 6.22. The monoisotopic (exact) mass is 148 g/mol. The standard InChI is InChI=1S/C6H12O2S/c1-6(2,5(7)8)9(3)4/h1-4H3. The van der Waals surface area contributed by atoms with Crippen molar-refractivity contribution in [1.29, 1.82) is 0 Å². The molecule has 0 bridgehead atoms. The molecule has 0 aliphatic rings. The molecule has 0 heterocycles. The van der Waals surface area contributed by atoms with Gasteiger partial charge in [-0.3, -0.25) is 0 Å². The van der Waals surface area contributed by atoms with Crippen molar-refractivity contribution in [1.82, 2.24) is 0 Å². The van der Waals surface area contributed by atoms with Gasteiger partial charge in [0.2, 0.25) is 0 Å². The van der Waals surface area contributed by atoms with Gasteiger partial charge in [-0.2, -0.15) is 0 Å². The molecule has 54 valence electrons. The molecule has 0 amide bonds. The summed E-state index contributed by atoms with van der Waals surface area (Å²) in [6.45, 7) is 3.37. The predicted molar refractivity (Wildman–Crippen MR) is 38.3 cm³/mol. The zero-order chi connectivity index (χ0) is 7.65. The maximum Gasteiger partial charge on any atom is 0.161 e. The lowest BCUT2D eigenvalue weighted by molar-refractivity contribution is -0.308. The van der Waals surface area contributed by atoms with Crippen LogP contribution in [0.3, 0.4) is 0 Å². The van der Waals surface area contributed by atoms with Crippen LogP contribution in [0.25, 0.3) is 0 Å². The highest BCUT2D eigenvalue weighted by molar-refractivity contribution is 7.97. The Morgan fingerprint density at radius 1 is 1.44 bits per heavy atom. The highest BCUT2D eigenvalue weighted by atomic mass is 32.2. The van der Waals surface area contributed by atoms with Crippen molar-refractivity contribution < 1.29 is 9.90 Å². The predicted octanol–water partition coefficient (Wildman–Crippen LogP) is -0.607. The first kappa shape index (κ1) is 8.82. The van der Waals surface area contributed by atoms with Crippen molar-refractivity contribution in [2.24, 2.45) is 0 Å². The number of carboxylic acids is 1. The summed E-state index contributed by atoms with van der Waals surface area (Å²) in [5.41, 5.74) is 0. The maximum atomic E-state index is 10.4. The van der Waals surface area contributed by atoms with Gasteiger partial charge in [-0.1, -0.05) is 0 Å². The quantitative estimate of drug-likeness (QED) is 0.490. The van der Waals surface area contributed by atoms with Gasteiger partial charge >= 0.3 is 0 Å². The third-order valence-electron chi connectivity index (χ3n) is 1.51. The summed E-state index contributed by atoms with van der Waals surface area (Å²) >= 11 is 0. The molecule has 0 rings (SSSR count). The summed E-state index contributed by atoms with van der Waals surface area (Å²) in [4.78, 5) is 10.4. The van der Waals surface area contributed by atoms with E-state index in [4.69, 9.17) is 0 Å². The van der Waals surface area contributed by atoms with Gasteiger partial charge in [-0.05, 0) is 24.7 Å². The molecule has 0 atom stereocenters. The summed E-state index contributed by atoms with van der Waals surface area (Å²) < 4.78 is -0.667. The highest BCUT2D eigenvalue weighted by Crippen LogP contribution is 2.13. The first-order valence-corrected chi connectivity index (χ1v) is 4.72. The fourth-order valence-electron chi connectivity index (χ4n) is 0.167. The second-order valence-electron chi connectivity index (χ2n) is 2.61. The third kappa shape index (κ3) is 1.90. The zero-order valence-corrected chi connectivity index (χ0v) is 7.04. The second kappa shape index (κ2) is 2.60. The van der Waals surface area contributed by atoms with E-state index in [9.17, 15) is 9.90 Å². The van der Waals surface area contributed by atoms with Crippen molar-refractivity contribution in [2.45, 2.75) is 18.6 Å². The summed E-state index contributed by atoms with van der Waals surface area (Å²) in [5, 5.41) is 10.4. The Morgan fingerprint density at radius 3 is 1.78 bits per heavy atom. The molecule has 0 unspecified atom stereocenters. The van der Waals surface area contributed by atoms with E-state index in [-0.39, 0.29) is 10.9 Å². The summed E-state index contributed by atoms with van der Waals surface area (Å²) in [7, 11) is -0.118. The SMILES string of the molecule is C[S+](C)C(C)(C)C(=O)[O-]. The molecule has 0 aliphatic carbocycles. The maximum absolute atomic E-state index is 10.4. The Labute approximate surface area is 58.6 Å². The first-order chi connectivity index (χ1) is 3.89. The number of rotatable bonds is 2. The van der Waals surface area contributed by atoms with Crippen LogP contribution < -0.4 is 5.11 Å². The van der Waals surface area contributed by atoms with Gasteiger partial charge in [0.1, 0.15) is 0 Å². The number of hydrogen-bond acceptors (Lipinski definition) is 2. The minimum Gasteiger partial charge on any atom is -0.544 e. The van der Waals surface area contributed by atoms with E-state index in [1.54, 1.807) is 13.8 Å². The van der Waals surface area contributed by atoms with Crippen molar-refractivity contribution in [3.8, 4) is 0 Å². The molecular weight excluding hydrogens is 136 g/mol. The number of carboxylic acid groups (broad SMARTS) is 1. The molecule has 3 heteroatoms. The van der Waals surface area contributed by atoms with Gasteiger partial charge < -0.3 is 9.90 Å². The van der Waals surface area contributed by atoms with Crippen LogP contribution in [0.5, 0.6) is 0 Å². The Hall–Kier alpha value is -0.180. The lowest BCUT2D eigenvalue weighted by Crippen LogP contribution is -2.48. The summed E-state index contributed by atoms with van der Waals surface area (Å²) in [6.07, 6.45) is 3.80. The largest absolute Gasteiger partial charge is 0.544 e. The Balaban J connectivity index is 4.19. The molecule has 0 radical (unpaired) electrons. The fraction of sp³-hybridized carbons (Fsp3) is 0.833. The van der Waals surface area contributed by atoms with E-state index < -0.39 is 10.7 Å². The van der Waals surface area contributed by atoms with Crippen LogP contribution in [0.15, 0.2) is 0 Å². The molecule has 0 aliphatic heterocycles. The molecule has 9 heavy (non-hydrogen) atoms. The van der Waals surface area contributed by atoms with Gasteiger partial charge in [0.05, 0.1) is 18.5 Å². The van der Waals surface area contributed by atoms with E-state index in [0.29, 0.717) is 0 Å². The van der Waals surface area contributed by atoms with Gasteiger partial charge in [0.15, 0.2) is 4.75 Å². The molecular formula is C6H12O2S. The topological polar surface area (TPSA) is 40.1 Å². The van der Waals surface area contributed by atoms with E-state index in [0.717, 1.165) is 0 Å².